The molecule has 2 heterocycles. The molecule has 1 aliphatic heterocycles. The van der Waals surface area contributed by atoms with Gasteiger partial charge in [0.05, 0.1) is 30.1 Å². The smallest absolute Gasteiger partial charge is 0.554 e. The summed E-state index contributed by atoms with van der Waals surface area (Å²) in [5, 5.41) is 44.8. The predicted octanol–water partition coefficient (Wildman–Crippen LogP) is -1.16. The first-order valence-electron chi connectivity index (χ1n) is 15.2. The van der Waals surface area contributed by atoms with Crippen molar-refractivity contribution in [2.45, 2.75) is 89.4 Å². The number of rotatable bonds is 12. The average molecular weight is 648 g/mol. The first-order chi connectivity index (χ1) is 21.7. The molecular formula is C33H46N5NaO7. The van der Waals surface area contributed by atoms with Crippen LogP contribution in [0, 0.1) is 0 Å². The normalized spacial score (nSPS) is 20.8. The molecule has 0 bridgehead atoms. The van der Waals surface area contributed by atoms with E-state index in [-0.39, 0.29) is 48.4 Å². The number of carbonyl (C=O) groups excluding carboxylic acids is 3. The van der Waals surface area contributed by atoms with Crippen LogP contribution in [0.3, 0.4) is 0 Å². The van der Waals surface area contributed by atoms with Crippen LogP contribution >= 0.6 is 0 Å². The van der Waals surface area contributed by atoms with Crippen LogP contribution < -0.4 is 45.3 Å². The number of aldehydes is 1. The number of hydrogen-bond donors (Lipinski definition) is 4. The molecule has 5 atom stereocenters. The zero-order valence-electron chi connectivity index (χ0n) is 27.5. The standard InChI is InChI=1S/C30H41N5O4.C2H4O.CH2O2.Na/c1-4-5-7-12-24-20-35(34-33-24)30(2)19-26(37)27(31-3)28(39-30)25(36)17-18-32-29(38)23-15-13-22(14-16-23)21-10-8-6-9-11-21;1-2-3;2-1-3;/h6,8-11,13-16,20,25-28,31,36-37H,4-5,7,12,17-19H2,1-3H3,(H,32,38);2H,1H3;1H,(H,2,3);/q;;;+1/p-1/t25?,26?,27-,28?,30+;;;/m1.../s1. The molecular weight excluding hydrogens is 601 g/mol. The van der Waals surface area contributed by atoms with E-state index < -0.39 is 36.6 Å². The fourth-order valence-electron chi connectivity index (χ4n) is 5.22. The Balaban J connectivity index is 0.00000140. The Labute approximate surface area is 293 Å². The third-order valence-corrected chi connectivity index (χ3v) is 7.50. The van der Waals surface area contributed by atoms with Gasteiger partial charge in [0.25, 0.3) is 5.91 Å². The van der Waals surface area contributed by atoms with Crippen molar-refractivity contribution in [3.05, 3.63) is 72.1 Å². The molecule has 3 aromatic rings. The minimum Gasteiger partial charge on any atom is -0.554 e. The number of aryl methyl sites for hydroxylation is 1. The second kappa shape index (κ2) is 21.8. The van der Waals surface area contributed by atoms with Gasteiger partial charge in [0.1, 0.15) is 12.4 Å². The number of ether oxygens (including phenoxy) is 1. The van der Waals surface area contributed by atoms with Gasteiger partial charge in [-0.25, -0.2) is 4.68 Å². The van der Waals surface area contributed by atoms with Gasteiger partial charge in [-0.15, -0.1) is 5.10 Å². The molecule has 1 saturated heterocycles. The molecule has 12 nitrogen and oxygen atoms in total. The molecule has 46 heavy (non-hydrogen) atoms. The number of likely N-dealkylation sites (N-methyl/N-ethyl adjacent to an activating group) is 1. The number of nitrogens with one attached hydrogen (secondary N) is 2. The van der Waals surface area contributed by atoms with Gasteiger partial charge in [-0.2, -0.15) is 0 Å². The molecule has 1 aliphatic rings. The van der Waals surface area contributed by atoms with Gasteiger partial charge in [-0.1, -0.05) is 67.4 Å². The van der Waals surface area contributed by atoms with Crippen molar-refractivity contribution in [1.29, 1.82) is 0 Å². The zero-order valence-corrected chi connectivity index (χ0v) is 29.5. The molecule has 13 heteroatoms. The van der Waals surface area contributed by atoms with Crippen LogP contribution in [0.4, 0.5) is 0 Å². The van der Waals surface area contributed by atoms with Crippen molar-refractivity contribution in [3.63, 3.8) is 0 Å². The molecule has 0 saturated carbocycles. The van der Waals surface area contributed by atoms with Gasteiger partial charge < -0.3 is 40.3 Å². The molecule has 1 aromatic heterocycles. The second-order valence-corrected chi connectivity index (χ2v) is 10.8. The third kappa shape index (κ3) is 12.3. The van der Waals surface area contributed by atoms with E-state index >= 15 is 0 Å². The minimum atomic E-state index is -0.960. The molecule has 0 aliphatic carbocycles. The Hall–Kier alpha value is -2.97. The van der Waals surface area contributed by atoms with Crippen LogP contribution in [-0.4, -0.2) is 81.8 Å². The van der Waals surface area contributed by atoms with E-state index in [0.29, 0.717) is 12.0 Å². The first-order valence-corrected chi connectivity index (χ1v) is 15.2. The van der Waals surface area contributed by atoms with E-state index in [1.165, 1.54) is 6.92 Å². The molecule has 3 unspecified atom stereocenters. The predicted molar refractivity (Wildman–Crippen MR) is 168 cm³/mol. The van der Waals surface area contributed by atoms with E-state index in [4.69, 9.17) is 19.4 Å². The molecule has 4 N–H and O–H groups in total. The van der Waals surface area contributed by atoms with E-state index in [1.54, 1.807) is 23.9 Å². The Morgan fingerprint density at radius 2 is 1.76 bits per heavy atom. The van der Waals surface area contributed by atoms with Crippen LogP contribution in [0.25, 0.3) is 11.1 Å². The van der Waals surface area contributed by atoms with Crippen LogP contribution in [0.15, 0.2) is 60.8 Å². The maximum Gasteiger partial charge on any atom is 1.00 e. The molecule has 1 fully saturated rings. The number of hydrogen-bond acceptors (Lipinski definition) is 10. The fraction of sp³-hybridized carbons (Fsp3) is 0.485. The number of benzene rings is 2. The van der Waals surface area contributed by atoms with Crippen LogP contribution in [0.5, 0.6) is 0 Å². The monoisotopic (exact) mass is 647 g/mol. The summed E-state index contributed by atoms with van der Waals surface area (Å²) in [5.41, 5.74) is 2.60. The van der Waals surface area contributed by atoms with Gasteiger partial charge in [0.2, 0.25) is 0 Å². The van der Waals surface area contributed by atoms with Crippen LogP contribution in [-0.2, 0) is 26.5 Å². The van der Waals surface area contributed by atoms with Crippen molar-refractivity contribution in [2.24, 2.45) is 0 Å². The fourth-order valence-corrected chi connectivity index (χ4v) is 5.22. The molecule has 246 valence electrons. The van der Waals surface area contributed by atoms with E-state index in [1.807, 2.05) is 55.6 Å². The van der Waals surface area contributed by atoms with Crippen LogP contribution in [0.1, 0.15) is 68.9 Å². The minimum absolute atomic E-state index is 0. The summed E-state index contributed by atoms with van der Waals surface area (Å²) in [5.74, 6) is -0.209. The summed E-state index contributed by atoms with van der Waals surface area (Å²) in [6.45, 7) is 5.22. The summed E-state index contributed by atoms with van der Waals surface area (Å²) in [6, 6.07) is 17.0. The number of aromatic nitrogens is 3. The Kier molecular flexibility index (Phi) is 19.4. The number of nitrogens with zero attached hydrogens (tertiary/aromatic N) is 3. The summed E-state index contributed by atoms with van der Waals surface area (Å²) in [7, 11) is 1.74. The first kappa shape index (κ1) is 41.1. The summed E-state index contributed by atoms with van der Waals surface area (Å²) < 4.78 is 8.06. The molecule has 0 spiro atoms. The quantitative estimate of drug-likeness (QED) is 0.107. The van der Waals surface area contributed by atoms with Crippen molar-refractivity contribution in [2.75, 3.05) is 13.6 Å². The zero-order chi connectivity index (χ0) is 33.2. The number of carbonyl (C=O) groups is 3. The third-order valence-electron chi connectivity index (χ3n) is 7.50. The number of aliphatic hydroxyl groups excluding tert-OH is 2. The molecule has 1 amide bonds. The Bertz CT molecular complexity index is 1290. The topological polar surface area (TPSA) is 179 Å². The van der Waals surface area contributed by atoms with Crippen molar-refractivity contribution >= 4 is 18.7 Å². The molecule has 0 radical (unpaired) electrons. The average Bonchev–Trinajstić information content (AvgIpc) is 3.52. The summed E-state index contributed by atoms with van der Waals surface area (Å²) in [6.07, 6.45) is 4.93. The Morgan fingerprint density at radius 3 is 2.35 bits per heavy atom. The van der Waals surface area contributed by atoms with Crippen LogP contribution in [0.2, 0.25) is 0 Å². The van der Waals surface area contributed by atoms with Gasteiger partial charge in [0.15, 0.2) is 5.72 Å². The maximum absolute atomic E-state index is 12.7. The van der Waals surface area contributed by atoms with Gasteiger partial charge >= 0.3 is 29.6 Å². The molecule has 2 aromatic carbocycles. The summed E-state index contributed by atoms with van der Waals surface area (Å²) in [4.78, 5) is 29.8. The van der Waals surface area contributed by atoms with Crippen molar-refractivity contribution in [1.82, 2.24) is 25.6 Å². The summed E-state index contributed by atoms with van der Waals surface area (Å²) >= 11 is 0. The largest absolute Gasteiger partial charge is 1.00 e. The van der Waals surface area contributed by atoms with E-state index in [0.717, 1.165) is 48.8 Å². The number of unbranched alkanes of at least 4 members (excludes halogenated alkanes) is 2. The van der Waals surface area contributed by atoms with Crippen molar-refractivity contribution in [3.8, 4) is 11.1 Å². The van der Waals surface area contributed by atoms with Crippen molar-refractivity contribution < 1.29 is 64.0 Å². The second-order valence-electron chi connectivity index (χ2n) is 10.8. The molecule has 4 rings (SSSR count). The number of carboxylic acid groups (broad SMARTS) is 1. The SMILES string of the molecule is CC=O.CCCCCc1cn([C@]2(C)CC(O)[C@@H](NC)C(C(O)CCNC(=O)c3ccc(-c4ccccc4)cc3)O2)nn1.O=C[O-].[Na+]. The van der Waals surface area contributed by atoms with Gasteiger partial charge in [-0.05, 0) is 63.4 Å². The van der Waals surface area contributed by atoms with Gasteiger partial charge in [0, 0.05) is 25.0 Å². The maximum atomic E-state index is 12.7. The van der Waals surface area contributed by atoms with E-state index in [9.17, 15) is 15.0 Å². The number of amides is 1. The van der Waals surface area contributed by atoms with Gasteiger partial charge in [-0.3, -0.25) is 4.79 Å². The number of aliphatic hydroxyl groups is 2. The van der Waals surface area contributed by atoms with E-state index in [2.05, 4.69) is 27.9 Å². The Morgan fingerprint density at radius 1 is 1.15 bits per heavy atom.